The van der Waals surface area contributed by atoms with Crippen molar-refractivity contribution in [3.63, 3.8) is 0 Å². The van der Waals surface area contributed by atoms with Gasteiger partial charge in [0.05, 0.1) is 23.1 Å². The largest absolute Gasteiger partial charge is 0.375 e. The highest BCUT2D eigenvalue weighted by Crippen LogP contribution is 2.48. The molecule has 1 fully saturated rings. The van der Waals surface area contributed by atoms with Gasteiger partial charge in [0.25, 0.3) is 11.6 Å². The van der Waals surface area contributed by atoms with E-state index in [4.69, 9.17) is 0 Å². The third-order valence-corrected chi connectivity index (χ3v) is 5.97. The molecular formula is C22H22N2O5. The molecule has 0 saturated heterocycles. The van der Waals surface area contributed by atoms with Gasteiger partial charge in [-0.1, -0.05) is 43.2 Å². The van der Waals surface area contributed by atoms with E-state index in [1.165, 1.54) is 17.0 Å². The highest BCUT2D eigenvalue weighted by atomic mass is 16.6. The Kier molecular flexibility index (Phi) is 4.92. The SMILES string of the molecule is O=C1CCCCCC1C1(O)C(=O)N(Cc2ccc([N+](=O)[O-])cc2)c2ccccc21. The number of benzene rings is 2. The zero-order chi connectivity index (χ0) is 20.6. The highest BCUT2D eigenvalue weighted by molar-refractivity contribution is 6.09. The zero-order valence-corrected chi connectivity index (χ0v) is 15.9. The molecule has 29 heavy (non-hydrogen) atoms. The summed E-state index contributed by atoms with van der Waals surface area (Å²) in [6.07, 6.45) is 3.37. The van der Waals surface area contributed by atoms with Crippen LogP contribution in [0.2, 0.25) is 0 Å². The van der Waals surface area contributed by atoms with Crippen molar-refractivity contribution in [2.24, 2.45) is 5.92 Å². The highest BCUT2D eigenvalue weighted by Gasteiger charge is 2.56. The first-order valence-corrected chi connectivity index (χ1v) is 9.83. The average molecular weight is 394 g/mol. The van der Waals surface area contributed by atoms with Gasteiger partial charge >= 0.3 is 0 Å². The van der Waals surface area contributed by atoms with E-state index in [1.807, 2.05) is 0 Å². The molecule has 2 unspecified atom stereocenters. The molecule has 2 aromatic carbocycles. The minimum absolute atomic E-state index is 0.0255. The van der Waals surface area contributed by atoms with E-state index in [-0.39, 0.29) is 18.0 Å². The number of anilines is 1. The lowest BCUT2D eigenvalue weighted by Crippen LogP contribution is -2.48. The van der Waals surface area contributed by atoms with Gasteiger partial charge in [-0.2, -0.15) is 0 Å². The lowest BCUT2D eigenvalue weighted by molar-refractivity contribution is -0.384. The fraction of sp³-hybridized carbons (Fsp3) is 0.364. The van der Waals surface area contributed by atoms with Crippen molar-refractivity contribution in [3.8, 4) is 0 Å². The van der Waals surface area contributed by atoms with Gasteiger partial charge < -0.3 is 10.0 Å². The van der Waals surface area contributed by atoms with Crippen LogP contribution in [0.1, 0.15) is 43.2 Å². The van der Waals surface area contributed by atoms with Gasteiger partial charge in [-0.3, -0.25) is 19.7 Å². The first kappa shape index (κ1) is 19.3. The topological polar surface area (TPSA) is 101 Å². The summed E-state index contributed by atoms with van der Waals surface area (Å²) in [5, 5.41) is 22.5. The summed E-state index contributed by atoms with van der Waals surface area (Å²) >= 11 is 0. The van der Waals surface area contributed by atoms with E-state index < -0.39 is 22.3 Å². The molecule has 2 aliphatic rings. The van der Waals surface area contributed by atoms with Gasteiger partial charge in [-0.05, 0) is 24.5 Å². The predicted octanol–water partition coefficient (Wildman–Crippen LogP) is 3.48. The Morgan fingerprint density at radius 2 is 1.79 bits per heavy atom. The number of ketones is 1. The number of hydrogen-bond donors (Lipinski definition) is 1. The number of para-hydroxylation sites is 1. The van der Waals surface area contributed by atoms with E-state index in [0.29, 0.717) is 29.7 Å². The number of nitrogens with zero attached hydrogens (tertiary/aromatic N) is 2. The zero-order valence-electron chi connectivity index (χ0n) is 15.9. The van der Waals surface area contributed by atoms with Crippen molar-refractivity contribution in [1.82, 2.24) is 0 Å². The minimum Gasteiger partial charge on any atom is -0.375 e. The van der Waals surface area contributed by atoms with Crippen LogP contribution < -0.4 is 4.90 Å². The summed E-state index contributed by atoms with van der Waals surface area (Å²) in [5.74, 6) is -1.32. The van der Waals surface area contributed by atoms with Crippen LogP contribution in [0.25, 0.3) is 0 Å². The van der Waals surface area contributed by atoms with Gasteiger partial charge in [0.15, 0.2) is 5.60 Å². The quantitative estimate of drug-likeness (QED) is 0.486. The smallest absolute Gasteiger partial charge is 0.269 e. The number of carbonyl (C=O) groups is 2. The third kappa shape index (κ3) is 3.21. The van der Waals surface area contributed by atoms with E-state index >= 15 is 0 Å². The van der Waals surface area contributed by atoms with Crippen LogP contribution in [0.15, 0.2) is 48.5 Å². The summed E-state index contributed by atoms with van der Waals surface area (Å²) in [4.78, 5) is 38.0. The number of aliphatic hydroxyl groups is 1. The van der Waals surface area contributed by atoms with Crippen LogP contribution in [0, 0.1) is 16.0 Å². The second-order valence-electron chi connectivity index (χ2n) is 7.72. The molecule has 2 atom stereocenters. The summed E-state index contributed by atoms with van der Waals surface area (Å²) in [6, 6.07) is 13.0. The molecule has 0 radical (unpaired) electrons. The summed E-state index contributed by atoms with van der Waals surface area (Å²) in [7, 11) is 0. The Balaban J connectivity index is 1.71. The Morgan fingerprint density at radius 3 is 2.52 bits per heavy atom. The predicted molar refractivity (Wildman–Crippen MR) is 106 cm³/mol. The van der Waals surface area contributed by atoms with E-state index in [2.05, 4.69) is 0 Å². The average Bonchev–Trinajstić information content (AvgIpc) is 2.85. The molecule has 1 saturated carbocycles. The maximum absolute atomic E-state index is 13.4. The minimum atomic E-state index is -1.86. The second kappa shape index (κ2) is 7.40. The molecule has 0 spiro atoms. The number of nitro benzene ring substituents is 1. The monoisotopic (exact) mass is 394 g/mol. The third-order valence-electron chi connectivity index (χ3n) is 5.97. The lowest BCUT2D eigenvalue weighted by atomic mass is 9.77. The van der Waals surface area contributed by atoms with Crippen molar-refractivity contribution in [3.05, 3.63) is 69.8 Å². The van der Waals surface area contributed by atoms with Gasteiger partial charge in [0, 0.05) is 24.1 Å². The molecule has 1 N–H and O–H groups in total. The fourth-order valence-corrected chi connectivity index (χ4v) is 4.46. The van der Waals surface area contributed by atoms with E-state index in [9.17, 15) is 24.8 Å². The number of fused-ring (bicyclic) bond motifs is 1. The Labute approximate surface area is 168 Å². The van der Waals surface area contributed by atoms with Crippen LogP contribution in [0.3, 0.4) is 0 Å². The standard InChI is InChI=1S/C22H22N2O5/c25-20-9-3-1-2-7-18(20)22(27)17-6-4-5-8-19(17)23(21(22)26)14-15-10-12-16(13-11-15)24(28)29/h4-6,8,10-13,18,27H,1-3,7,9,14H2. The van der Waals surface area contributed by atoms with E-state index in [0.717, 1.165) is 19.3 Å². The molecular weight excluding hydrogens is 372 g/mol. The number of amides is 1. The summed E-state index contributed by atoms with van der Waals surface area (Å²) < 4.78 is 0. The van der Waals surface area contributed by atoms with Crippen LogP contribution in [-0.4, -0.2) is 21.7 Å². The first-order chi connectivity index (χ1) is 13.9. The number of hydrogen-bond acceptors (Lipinski definition) is 5. The Hall–Kier alpha value is -3.06. The first-order valence-electron chi connectivity index (χ1n) is 9.83. The van der Waals surface area contributed by atoms with Gasteiger partial charge in [0.1, 0.15) is 5.78 Å². The molecule has 7 heteroatoms. The van der Waals surface area contributed by atoms with Crippen LogP contribution >= 0.6 is 0 Å². The molecule has 1 aliphatic carbocycles. The summed E-state index contributed by atoms with van der Waals surface area (Å²) in [5.41, 5.74) is -0.140. The summed E-state index contributed by atoms with van der Waals surface area (Å²) in [6.45, 7) is 0.164. The number of rotatable bonds is 4. The van der Waals surface area contributed by atoms with E-state index in [1.54, 1.807) is 36.4 Å². The maximum atomic E-state index is 13.4. The molecule has 0 aromatic heterocycles. The Bertz CT molecular complexity index is 971. The van der Waals surface area contributed by atoms with Crippen molar-refractivity contribution < 1.29 is 19.6 Å². The molecule has 0 bridgehead atoms. The molecule has 150 valence electrons. The fourth-order valence-electron chi connectivity index (χ4n) is 4.46. The molecule has 7 nitrogen and oxygen atoms in total. The number of Topliss-reactive ketones (excluding diaryl/α,β-unsaturated/α-hetero) is 1. The molecule has 2 aromatic rings. The van der Waals surface area contributed by atoms with Crippen LogP contribution in [0.5, 0.6) is 0 Å². The second-order valence-corrected chi connectivity index (χ2v) is 7.72. The van der Waals surface area contributed by atoms with Gasteiger partial charge in [-0.15, -0.1) is 0 Å². The van der Waals surface area contributed by atoms with Crippen molar-refractivity contribution in [2.75, 3.05) is 4.90 Å². The number of nitro groups is 1. The van der Waals surface area contributed by atoms with Crippen LogP contribution in [0.4, 0.5) is 11.4 Å². The molecule has 1 amide bonds. The number of non-ortho nitro benzene ring substituents is 1. The van der Waals surface area contributed by atoms with Gasteiger partial charge in [-0.25, -0.2) is 0 Å². The number of carbonyl (C=O) groups excluding carboxylic acids is 2. The van der Waals surface area contributed by atoms with Crippen molar-refractivity contribution in [1.29, 1.82) is 0 Å². The van der Waals surface area contributed by atoms with Crippen molar-refractivity contribution >= 4 is 23.1 Å². The Morgan fingerprint density at radius 1 is 1.07 bits per heavy atom. The van der Waals surface area contributed by atoms with Crippen LogP contribution in [-0.2, 0) is 21.7 Å². The normalized spacial score (nSPS) is 24.3. The molecule has 1 heterocycles. The molecule has 4 rings (SSSR count). The van der Waals surface area contributed by atoms with Gasteiger partial charge in [0.2, 0.25) is 0 Å². The van der Waals surface area contributed by atoms with Crippen molar-refractivity contribution in [2.45, 2.75) is 44.2 Å². The maximum Gasteiger partial charge on any atom is 0.269 e. The molecule has 1 aliphatic heterocycles. The lowest BCUT2D eigenvalue weighted by Gasteiger charge is -2.30.